The van der Waals surface area contributed by atoms with Crippen molar-refractivity contribution in [1.82, 2.24) is 0 Å². The first-order valence-electron chi connectivity index (χ1n) is 22.6. The summed E-state index contributed by atoms with van der Waals surface area (Å²) in [4.78, 5) is 2.44. The Bertz CT molecular complexity index is 3530. The first-order valence-corrected chi connectivity index (χ1v) is 22.6. The second kappa shape index (κ2) is 15.8. The number of benzene rings is 11. The zero-order valence-corrected chi connectivity index (χ0v) is 36.2. The van der Waals surface area contributed by atoms with Gasteiger partial charge in [-0.05, 0) is 132 Å². The van der Waals surface area contributed by atoms with Crippen molar-refractivity contribution < 1.29 is 0 Å². The molecule has 0 bridgehead atoms. The molecule has 0 N–H and O–H groups in total. The number of fused-ring (bicyclic) bond motifs is 5. The Morgan fingerprint density at radius 1 is 0.308 bits per heavy atom. The summed E-state index contributed by atoms with van der Waals surface area (Å²) in [6, 6.07) is 93.5. The second-order valence-corrected chi connectivity index (χ2v) is 17.4. The van der Waals surface area contributed by atoms with Crippen molar-refractivity contribution >= 4 is 38.6 Å². The van der Waals surface area contributed by atoms with Crippen LogP contribution in [-0.2, 0) is 5.41 Å². The van der Waals surface area contributed by atoms with Gasteiger partial charge in [-0.3, -0.25) is 0 Å². The van der Waals surface area contributed by atoms with Crippen molar-refractivity contribution in [2.24, 2.45) is 0 Å². The quantitative estimate of drug-likeness (QED) is 0.147. The Hall–Kier alpha value is -8.26. The summed E-state index contributed by atoms with van der Waals surface area (Å²) in [5.74, 6) is 0. The lowest BCUT2D eigenvalue weighted by molar-refractivity contribution is 0.714. The summed E-state index contributed by atoms with van der Waals surface area (Å²) in [6.45, 7) is 2.39. The molecule has 1 aliphatic rings. The van der Waals surface area contributed by atoms with Gasteiger partial charge in [-0.15, -0.1) is 0 Å². The number of nitrogens with zero attached hydrogens (tertiary/aromatic N) is 1. The molecule has 1 nitrogen and oxygen atoms in total. The molecule has 0 radical (unpaired) electrons. The van der Waals surface area contributed by atoms with Gasteiger partial charge >= 0.3 is 0 Å². The van der Waals surface area contributed by atoms with Crippen LogP contribution in [0.4, 0.5) is 17.1 Å². The maximum absolute atomic E-state index is 2.44. The molecule has 0 heterocycles. The van der Waals surface area contributed by atoms with E-state index in [1.165, 1.54) is 93.9 Å². The summed E-state index contributed by atoms with van der Waals surface area (Å²) in [7, 11) is 0. The molecule has 1 atom stereocenters. The Labute approximate surface area is 381 Å². The predicted octanol–water partition coefficient (Wildman–Crippen LogP) is 17.5. The monoisotopic (exact) mass is 827 g/mol. The van der Waals surface area contributed by atoms with Crippen molar-refractivity contribution in [2.45, 2.75) is 12.3 Å². The predicted molar refractivity (Wildman–Crippen MR) is 275 cm³/mol. The highest BCUT2D eigenvalue weighted by Crippen LogP contribution is 2.56. The molecule has 0 aliphatic heterocycles. The minimum absolute atomic E-state index is 0.293. The molecule has 65 heavy (non-hydrogen) atoms. The maximum Gasteiger partial charge on any atom is 0.0540 e. The highest BCUT2D eigenvalue weighted by atomic mass is 15.1. The van der Waals surface area contributed by atoms with Crippen LogP contribution in [-0.4, -0.2) is 0 Å². The van der Waals surface area contributed by atoms with Gasteiger partial charge in [0.25, 0.3) is 0 Å². The zero-order valence-electron chi connectivity index (χ0n) is 36.2. The minimum Gasteiger partial charge on any atom is -0.310 e. The summed E-state index contributed by atoms with van der Waals surface area (Å²) in [5, 5.41) is 5.01. The van der Waals surface area contributed by atoms with E-state index in [1.807, 2.05) is 0 Å². The molecule has 1 unspecified atom stereocenters. The summed E-state index contributed by atoms with van der Waals surface area (Å²) >= 11 is 0. The molecular weight excluding hydrogens is 783 g/mol. The zero-order chi connectivity index (χ0) is 43.3. The van der Waals surface area contributed by atoms with E-state index in [9.17, 15) is 0 Å². The van der Waals surface area contributed by atoms with E-state index in [-0.39, 0.29) is 5.41 Å². The largest absolute Gasteiger partial charge is 0.310 e. The number of anilines is 3. The third kappa shape index (κ3) is 6.55. The molecule has 1 aliphatic carbocycles. The van der Waals surface area contributed by atoms with Gasteiger partial charge < -0.3 is 4.90 Å². The van der Waals surface area contributed by atoms with Crippen LogP contribution in [0.15, 0.2) is 255 Å². The van der Waals surface area contributed by atoms with E-state index in [4.69, 9.17) is 0 Å². The van der Waals surface area contributed by atoms with Crippen molar-refractivity contribution in [1.29, 1.82) is 0 Å². The fourth-order valence-electron chi connectivity index (χ4n) is 10.5. The van der Waals surface area contributed by atoms with Gasteiger partial charge in [0.15, 0.2) is 0 Å². The SMILES string of the molecule is CC1(c2ccccc2)c2ccccc2-c2c(-c3ccccc3N(c3ccc(-c4ccc(-c5ccc6ccccc6c5)cc4)cc3)c3ccc(-c4cccc5ccccc45)cc3)cccc21. The van der Waals surface area contributed by atoms with Crippen LogP contribution in [0, 0.1) is 0 Å². The molecule has 12 rings (SSSR count). The van der Waals surface area contributed by atoms with Crippen LogP contribution < -0.4 is 4.90 Å². The molecule has 11 aromatic rings. The van der Waals surface area contributed by atoms with Crippen molar-refractivity contribution in [3.05, 3.63) is 271 Å². The van der Waals surface area contributed by atoms with E-state index in [2.05, 4.69) is 267 Å². The van der Waals surface area contributed by atoms with Gasteiger partial charge in [-0.2, -0.15) is 0 Å². The molecule has 306 valence electrons. The summed E-state index contributed by atoms with van der Waals surface area (Å²) in [5.41, 5.74) is 19.2. The highest BCUT2D eigenvalue weighted by Gasteiger charge is 2.42. The molecule has 11 aromatic carbocycles. The van der Waals surface area contributed by atoms with Gasteiger partial charge in [0, 0.05) is 22.4 Å². The third-order valence-electron chi connectivity index (χ3n) is 13.8. The highest BCUT2D eigenvalue weighted by molar-refractivity contribution is 6.00. The van der Waals surface area contributed by atoms with Crippen molar-refractivity contribution in [3.63, 3.8) is 0 Å². The van der Waals surface area contributed by atoms with E-state index in [1.54, 1.807) is 0 Å². The fourth-order valence-corrected chi connectivity index (χ4v) is 10.5. The third-order valence-corrected chi connectivity index (χ3v) is 13.8. The normalized spacial score (nSPS) is 14.0. The lowest BCUT2D eigenvalue weighted by Gasteiger charge is -2.30. The van der Waals surface area contributed by atoms with Crippen molar-refractivity contribution in [3.8, 4) is 55.6 Å². The first kappa shape index (κ1) is 38.4. The molecule has 0 aromatic heterocycles. The minimum atomic E-state index is -0.293. The van der Waals surface area contributed by atoms with Crippen LogP contribution in [0.2, 0.25) is 0 Å². The average molecular weight is 828 g/mol. The first-order chi connectivity index (χ1) is 32.1. The van der Waals surface area contributed by atoms with Crippen LogP contribution in [0.3, 0.4) is 0 Å². The molecule has 0 fully saturated rings. The van der Waals surface area contributed by atoms with Gasteiger partial charge in [0.05, 0.1) is 5.69 Å². The maximum atomic E-state index is 2.44. The molecule has 0 amide bonds. The topological polar surface area (TPSA) is 3.24 Å². The van der Waals surface area contributed by atoms with Crippen LogP contribution in [0.5, 0.6) is 0 Å². The summed E-state index contributed by atoms with van der Waals surface area (Å²) in [6.07, 6.45) is 0. The standard InChI is InChI=1S/C64H45N/c1-64(52-19-3-2-4-20-52)60-26-11-9-23-59(60)63-58(25-14-27-61(63)64)57-22-10-12-28-62(57)65(54-41-37-49(38-42-54)56-24-13-18-48-16-7-8-21-55(48)56)53-39-35-46(36-40-53)45-29-31-47(32-30-45)51-34-33-44-15-5-6-17-50(44)43-51/h2-43H,1H3. The Balaban J connectivity index is 0.976. The Kier molecular flexibility index (Phi) is 9.35. The Morgan fingerprint density at radius 3 is 1.55 bits per heavy atom. The molecular formula is C64H45N. The van der Waals surface area contributed by atoms with E-state index >= 15 is 0 Å². The smallest absolute Gasteiger partial charge is 0.0540 e. The van der Waals surface area contributed by atoms with Gasteiger partial charge in [0.2, 0.25) is 0 Å². The molecule has 0 spiro atoms. The Morgan fingerprint density at radius 2 is 0.800 bits per heavy atom. The van der Waals surface area contributed by atoms with Crippen molar-refractivity contribution in [2.75, 3.05) is 4.90 Å². The van der Waals surface area contributed by atoms with Crippen LogP contribution in [0.1, 0.15) is 23.6 Å². The number of hydrogen-bond donors (Lipinski definition) is 0. The molecule has 1 heteroatoms. The average Bonchev–Trinajstić information content (AvgIpc) is 3.65. The van der Waals surface area contributed by atoms with E-state index in [0.717, 1.165) is 17.1 Å². The fraction of sp³-hybridized carbons (Fsp3) is 0.0312. The number of rotatable bonds is 8. The van der Waals surface area contributed by atoms with Gasteiger partial charge in [-0.25, -0.2) is 0 Å². The lowest BCUT2D eigenvalue weighted by Crippen LogP contribution is -2.22. The van der Waals surface area contributed by atoms with Gasteiger partial charge in [0.1, 0.15) is 0 Å². The van der Waals surface area contributed by atoms with E-state index in [0.29, 0.717) is 0 Å². The number of hydrogen-bond acceptors (Lipinski definition) is 1. The van der Waals surface area contributed by atoms with Crippen LogP contribution in [0.25, 0.3) is 77.2 Å². The van der Waals surface area contributed by atoms with Crippen LogP contribution >= 0.6 is 0 Å². The molecule has 0 saturated heterocycles. The lowest BCUT2D eigenvalue weighted by atomic mass is 9.74. The molecule has 0 saturated carbocycles. The number of para-hydroxylation sites is 1. The van der Waals surface area contributed by atoms with E-state index < -0.39 is 0 Å². The van der Waals surface area contributed by atoms with Gasteiger partial charge in [-0.1, -0.05) is 218 Å². The second-order valence-electron chi connectivity index (χ2n) is 17.4. The summed E-state index contributed by atoms with van der Waals surface area (Å²) < 4.78 is 0.